The van der Waals surface area contributed by atoms with Crippen molar-refractivity contribution in [3.05, 3.63) is 41.7 Å². The Hall–Kier alpha value is -3.61. The zero-order chi connectivity index (χ0) is 25.9. The Labute approximate surface area is 205 Å². The first-order chi connectivity index (χ1) is 17.2. The zero-order valence-corrected chi connectivity index (χ0v) is 19.5. The summed E-state index contributed by atoms with van der Waals surface area (Å²) >= 11 is 0. The van der Waals surface area contributed by atoms with Crippen molar-refractivity contribution in [2.75, 3.05) is 29.5 Å². The number of amides is 2. The smallest absolute Gasteiger partial charge is 0.437 e. The fourth-order valence-corrected chi connectivity index (χ4v) is 4.21. The molecule has 194 valence electrons. The third kappa shape index (κ3) is 5.45. The fraction of sp³-hybridized carbons (Fsp3) is 0.478. The maximum Gasteiger partial charge on any atom is 0.437 e. The van der Waals surface area contributed by atoms with Crippen molar-refractivity contribution in [3.8, 4) is 5.75 Å². The van der Waals surface area contributed by atoms with Crippen LogP contribution in [0, 0.1) is 0 Å². The normalized spacial score (nSPS) is 17.3. The molecule has 0 radical (unpaired) electrons. The minimum atomic E-state index is -4.89. The molecule has 1 saturated heterocycles. The summed E-state index contributed by atoms with van der Waals surface area (Å²) in [5.41, 5.74) is 0.283. The van der Waals surface area contributed by atoms with Gasteiger partial charge in [0.2, 0.25) is 5.95 Å². The summed E-state index contributed by atoms with van der Waals surface area (Å²) < 4.78 is 51.2. The number of hydrogen-bond acceptors (Lipinski definition) is 8. The first kappa shape index (κ1) is 25.5. The van der Waals surface area contributed by atoms with Gasteiger partial charge in [0, 0.05) is 24.7 Å². The molecule has 3 heterocycles. The number of aromatic nitrogens is 2. The molecule has 0 aliphatic carbocycles. The van der Waals surface area contributed by atoms with E-state index in [1.54, 1.807) is 16.7 Å². The molecule has 0 spiro atoms. The highest BCUT2D eigenvalue weighted by molar-refractivity contribution is 5.91. The first-order valence-electron chi connectivity index (χ1n) is 11.5. The number of anilines is 2. The topological polar surface area (TPSA) is 117 Å². The lowest BCUT2D eigenvalue weighted by atomic mass is 10.0. The van der Waals surface area contributed by atoms with Gasteiger partial charge in [0.05, 0.1) is 24.5 Å². The molecular formula is C23H26F3N5O5. The highest BCUT2D eigenvalue weighted by atomic mass is 19.4. The van der Waals surface area contributed by atoms with Gasteiger partial charge in [-0.2, -0.15) is 13.2 Å². The number of rotatable bonds is 6. The number of cyclic esters (lactones) is 1. The molecule has 2 amide bonds. The largest absolute Gasteiger partial charge is 0.444 e. The molecule has 1 fully saturated rings. The van der Waals surface area contributed by atoms with E-state index in [-0.39, 0.29) is 25.2 Å². The summed E-state index contributed by atoms with van der Waals surface area (Å²) in [7, 11) is 0. The summed E-state index contributed by atoms with van der Waals surface area (Å²) in [5, 5.41) is 11.4. The number of nitrogens with zero attached hydrogens (tertiary/aromatic N) is 4. The van der Waals surface area contributed by atoms with E-state index in [1.807, 2.05) is 24.3 Å². The Morgan fingerprint density at radius 2 is 2.03 bits per heavy atom. The SMILES string of the molecule is CCC(CO)NC(=O)Oc1cnc(N2CCC(N3C(=O)OCc4ccccc43)CC2)nc1C(F)(F)F. The van der Waals surface area contributed by atoms with E-state index in [4.69, 9.17) is 14.6 Å². The Bertz CT molecular complexity index is 1100. The molecular weight excluding hydrogens is 483 g/mol. The number of piperidine rings is 1. The summed E-state index contributed by atoms with van der Waals surface area (Å²) in [5.74, 6) is -0.990. The number of fused-ring (bicyclic) bond motifs is 1. The van der Waals surface area contributed by atoms with Crippen LogP contribution >= 0.6 is 0 Å². The van der Waals surface area contributed by atoms with E-state index >= 15 is 0 Å². The van der Waals surface area contributed by atoms with Crippen LogP contribution in [-0.4, -0.2) is 59.0 Å². The van der Waals surface area contributed by atoms with Crippen molar-refractivity contribution in [1.29, 1.82) is 0 Å². The second kappa shape index (κ2) is 10.6. The van der Waals surface area contributed by atoms with Crippen LogP contribution in [0.4, 0.5) is 34.4 Å². The van der Waals surface area contributed by atoms with Gasteiger partial charge in [-0.3, -0.25) is 4.90 Å². The molecule has 1 unspecified atom stereocenters. The average molecular weight is 509 g/mol. The van der Waals surface area contributed by atoms with Gasteiger partial charge >= 0.3 is 18.4 Å². The van der Waals surface area contributed by atoms with Crippen molar-refractivity contribution >= 4 is 23.8 Å². The molecule has 4 rings (SSSR count). The van der Waals surface area contributed by atoms with Crippen LogP contribution in [-0.2, 0) is 17.5 Å². The van der Waals surface area contributed by atoms with E-state index in [9.17, 15) is 22.8 Å². The van der Waals surface area contributed by atoms with E-state index in [0.29, 0.717) is 32.4 Å². The van der Waals surface area contributed by atoms with Crippen molar-refractivity contribution in [3.63, 3.8) is 0 Å². The number of carbonyl (C=O) groups excluding carboxylic acids is 2. The number of carbonyl (C=O) groups is 2. The second-order valence-corrected chi connectivity index (χ2v) is 8.47. The highest BCUT2D eigenvalue weighted by Gasteiger charge is 2.39. The zero-order valence-electron chi connectivity index (χ0n) is 19.5. The first-order valence-corrected chi connectivity index (χ1v) is 11.5. The van der Waals surface area contributed by atoms with Gasteiger partial charge < -0.3 is 24.8 Å². The minimum absolute atomic E-state index is 0.156. The fourth-order valence-electron chi connectivity index (χ4n) is 4.21. The van der Waals surface area contributed by atoms with Crippen LogP contribution in [0.25, 0.3) is 0 Å². The van der Waals surface area contributed by atoms with E-state index < -0.39 is 35.8 Å². The van der Waals surface area contributed by atoms with Gasteiger partial charge in [-0.1, -0.05) is 25.1 Å². The number of benzene rings is 1. The monoisotopic (exact) mass is 509 g/mol. The van der Waals surface area contributed by atoms with Crippen LogP contribution in [0.2, 0.25) is 0 Å². The van der Waals surface area contributed by atoms with Crippen molar-refractivity contribution in [1.82, 2.24) is 15.3 Å². The molecule has 0 bridgehead atoms. The second-order valence-electron chi connectivity index (χ2n) is 8.47. The summed E-state index contributed by atoms with van der Waals surface area (Å²) in [4.78, 5) is 35.3. The number of para-hydroxylation sites is 1. The Balaban J connectivity index is 1.47. The number of aliphatic hydroxyl groups excluding tert-OH is 1. The van der Waals surface area contributed by atoms with Crippen molar-refractivity contribution in [2.45, 2.75) is 51.1 Å². The van der Waals surface area contributed by atoms with Gasteiger partial charge in [-0.05, 0) is 25.3 Å². The highest BCUT2D eigenvalue weighted by Crippen LogP contribution is 2.36. The minimum Gasteiger partial charge on any atom is -0.444 e. The van der Waals surface area contributed by atoms with Crippen LogP contribution in [0.3, 0.4) is 0 Å². The van der Waals surface area contributed by atoms with Crippen molar-refractivity contribution < 1.29 is 37.3 Å². The Kier molecular flexibility index (Phi) is 7.48. The average Bonchev–Trinajstić information content (AvgIpc) is 2.87. The van der Waals surface area contributed by atoms with Crippen molar-refractivity contribution in [2.24, 2.45) is 0 Å². The van der Waals surface area contributed by atoms with Crippen LogP contribution in [0.5, 0.6) is 5.75 Å². The number of nitrogens with one attached hydrogen (secondary N) is 1. The predicted molar refractivity (Wildman–Crippen MR) is 122 cm³/mol. The van der Waals surface area contributed by atoms with Gasteiger partial charge in [-0.25, -0.2) is 19.6 Å². The number of aliphatic hydroxyl groups is 1. The lowest BCUT2D eigenvalue weighted by molar-refractivity contribution is -0.142. The Morgan fingerprint density at radius 1 is 1.31 bits per heavy atom. The Morgan fingerprint density at radius 3 is 2.69 bits per heavy atom. The molecule has 2 aliphatic heterocycles. The maximum absolute atomic E-state index is 13.7. The third-order valence-electron chi connectivity index (χ3n) is 6.16. The number of ether oxygens (including phenoxy) is 2. The standard InChI is InChI=1S/C23H26F3N5O5/c1-2-15(12-32)28-21(33)36-18-11-27-20(29-19(18)23(24,25)26)30-9-7-16(8-10-30)31-17-6-4-3-5-14(17)13-35-22(31)34/h3-6,11,15-16,32H,2,7-10,12-13H2,1H3,(H,28,33). The third-order valence-corrected chi connectivity index (χ3v) is 6.16. The molecule has 1 aromatic heterocycles. The molecule has 10 nitrogen and oxygen atoms in total. The number of alkyl halides is 3. The molecule has 13 heteroatoms. The summed E-state index contributed by atoms with van der Waals surface area (Å²) in [6, 6.07) is 6.58. The molecule has 2 N–H and O–H groups in total. The quantitative estimate of drug-likeness (QED) is 0.608. The maximum atomic E-state index is 13.7. The van der Waals surface area contributed by atoms with Gasteiger partial charge in [0.15, 0.2) is 11.4 Å². The molecule has 1 aromatic carbocycles. The van der Waals surface area contributed by atoms with Gasteiger partial charge in [-0.15, -0.1) is 0 Å². The predicted octanol–water partition coefficient (Wildman–Crippen LogP) is 3.48. The van der Waals surface area contributed by atoms with E-state index in [0.717, 1.165) is 17.4 Å². The van der Waals surface area contributed by atoms with E-state index in [2.05, 4.69) is 15.3 Å². The molecule has 0 saturated carbocycles. The van der Waals surface area contributed by atoms with Crippen LogP contribution < -0.4 is 19.9 Å². The lowest BCUT2D eigenvalue weighted by Gasteiger charge is -2.40. The summed E-state index contributed by atoms with van der Waals surface area (Å²) in [6.07, 6.45) is -4.38. The number of halogens is 3. The molecule has 2 aliphatic rings. The lowest BCUT2D eigenvalue weighted by Crippen LogP contribution is -2.49. The molecule has 2 aromatic rings. The van der Waals surface area contributed by atoms with Crippen LogP contribution in [0.1, 0.15) is 37.4 Å². The van der Waals surface area contributed by atoms with Crippen LogP contribution in [0.15, 0.2) is 30.5 Å². The number of hydrogen-bond donors (Lipinski definition) is 2. The molecule has 1 atom stereocenters. The van der Waals surface area contributed by atoms with Gasteiger partial charge in [0.25, 0.3) is 0 Å². The van der Waals surface area contributed by atoms with Gasteiger partial charge in [0.1, 0.15) is 6.61 Å². The molecule has 36 heavy (non-hydrogen) atoms. The summed E-state index contributed by atoms with van der Waals surface area (Å²) in [6.45, 7) is 2.12. The van der Waals surface area contributed by atoms with E-state index in [1.165, 1.54) is 0 Å².